The van der Waals surface area contributed by atoms with Crippen LogP contribution in [0.25, 0.3) is 0 Å². The Labute approximate surface area is 112 Å². The van der Waals surface area contributed by atoms with E-state index in [1.165, 1.54) is 12.0 Å². The highest BCUT2D eigenvalue weighted by molar-refractivity contribution is 5.33. The van der Waals surface area contributed by atoms with Crippen LogP contribution < -0.4 is 10.1 Å². The van der Waals surface area contributed by atoms with E-state index in [-0.39, 0.29) is 0 Å². The maximum Gasteiger partial charge on any atom is 0.122 e. The predicted molar refractivity (Wildman–Crippen MR) is 78.2 cm³/mol. The van der Waals surface area contributed by atoms with Crippen molar-refractivity contribution in [3.8, 4) is 5.75 Å². The van der Waals surface area contributed by atoms with Crippen LogP contribution in [0.3, 0.4) is 0 Å². The lowest BCUT2D eigenvalue weighted by atomic mass is 9.89. The van der Waals surface area contributed by atoms with E-state index in [1.54, 1.807) is 7.11 Å². The van der Waals surface area contributed by atoms with E-state index >= 15 is 0 Å². The first-order valence-electron chi connectivity index (χ1n) is 7.01. The molecule has 0 fully saturated rings. The van der Waals surface area contributed by atoms with E-state index < -0.39 is 0 Å². The highest BCUT2D eigenvalue weighted by Crippen LogP contribution is 2.23. The molecule has 0 aliphatic rings. The van der Waals surface area contributed by atoms with Crippen LogP contribution in [0.4, 0.5) is 0 Å². The third-order valence-corrected chi connectivity index (χ3v) is 3.60. The molecule has 0 saturated carbocycles. The van der Waals surface area contributed by atoms with Crippen LogP contribution in [0.15, 0.2) is 24.3 Å². The molecule has 2 nitrogen and oxygen atoms in total. The minimum Gasteiger partial charge on any atom is -0.496 e. The van der Waals surface area contributed by atoms with Crippen molar-refractivity contribution in [2.24, 2.45) is 11.8 Å². The molecule has 2 atom stereocenters. The first-order chi connectivity index (χ1) is 8.69. The lowest BCUT2D eigenvalue weighted by Gasteiger charge is -2.21. The molecule has 0 aliphatic heterocycles. The molecular weight excluding hydrogens is 222 g/mol. The Hall–Kier alpha value is -1.02. The van der Waals surface area contributed by atoms with Crippen LogP contribution in [-0.2, 0) is 6.42 Å². The standard InChI is InChI=1S/C16H27NO/c1-5-10-17-12-14(3)13(2)11-15-8-6-7-9-16(15)18-4/h6-9,13-14,17H,5,10-12H2,1-4H3. The smallest absolute Gasteiger partial charge is 0.122 e. The summed E-state index contributed by atoms with van der Waals surface area (Å²) < 4.78 is 5.41. The SMILES string of the molecule is CCCNCC(C)C(C)Cc1ccccc1OC. The van der Waals surface area contributed by atoms with Gasteiger partial charge in [-0.25, -0.2) is 0 Å². The largest absolute Gasteiger partial charge is 0.496 e. The van der Waals surface area contributed by atoms with Gasteiger partial charge in [-0.2, -0.15) is 0 Å². The second kappa shape index (κ2) is 8.15. The summed E-state index contributed by atoms with van der Waals surface area (Å²) in [6.45, 7) is 9.07. The van der Waals surface area contributed by atoms with Gasteiger partial charge in [-0.3, -0.25) is 0 Å². The molecule has 1 N–H and O–H groups in total. The molecule has 2 unspecified atom stereocenters. The fraction of sp³-hybridized carbons (Fsp3) is 0.625. The van der Waals surface area contributed by atoms with Crippen molar-refractivity contribution < 1.29 is 4.74 Å². The van der Waals surface area contributed by atoms with Gasteiger partial charge in [-0.05, 0) is 49.4 Å². The Kier molecular flexibility index (Phi) is 6.81. The zero-order chi connectivity index (χ0) is 13.4. The van der Waals surface area contributed by atoms with Gasteiger partial charge in [0.05, 0.1) is 7.11 Å². The average Bonchev–Trinajstić information content (AvgIpc) is 2.39. The molecule has 0 radical (unpaired) electrons. The summed E-state index contributed by atoms with van der Waals surface area (Å²) in [7, 11) is 1.75. The number of methoxy groups -OCH3 is 1. The molecule has 1 rings (SSSR count). The quantitative estimate of drug-likeness (QED) is 0.712. The summed E-state index contributed by atoms with van der Waals surface area (Å²) in [5.41, 5.74) is 1.31. The Morgan fingerprint density at radius 1 is 1.17 bits per heavy atom. The normalized spacial score (nSPS) is 14.2. The molecule has 0 aliphatic carbocycles. The molecule has 0 heterocycles. The number of hydrogen-bond donors (Lipinski definition) is 1. The van der Waals surface area contributed by atoms with Crippen molar-refractivity contribution in [2.75, 3.05) is 20.2 Å². The Bertz CT molecular complexity index is 338. The summed E-state index contributed by atoms with van der Waals surface area (Å²) >= 11 is 0. The van der Waals surface area contributed by atoms with Gasteiger partial charge in [0, 0.05) is 0 Å². The maximum atomic E-state index is 5.41. The van der Waals surface area contributed by atoms with Crippen molar-refractivity contribution in [3.63, 3.8) is 0 Å². The summed E-state index contributed by atoms with van der Waals surface area (Å²) in [5, 5.41) is 3.50. The van der Waals surface area contributed by atoms with Crippen molar-refractivity contribution in [3.05, 3.63) is 29.8 Å². The van der Waals surface area contributed by atoms with Gasteiger partial charge < -0.3 is 10.1 Å². The summed E-state index contributed by atoms with van der Waals surface area (Å²) in [5.74, 6) is 2.35. The van der Waals surface area contributed by atoms with E-state index in [9.17, 15) is 0 Å². The monoisotopic (exact) mass is 249 g/mol. The number of rotatable bonds is 8. The number of benzene rings is 1. The lowest BCUT2D eigenvalue weighted by molar-refractivity contribution is 0.355. The molecular formula is C16H27NO. The van der Waals surface area contributed by atoms with Crippen LogP contribution in [-0.4, -0.2) is 20.2 Å². The second-order valence-electron chi connectivity index (χ2n) is 5.17. The lowest BCUT2D eigenvalue weighted by Crippen LogP contribution is -2.26. The fourth-order valence-electron chi connectivity index (χ4n) is 2.13. The van der Waals surface area contributed by atoms with Crippen LogP contribution in [0, 0.1) is 11.8 Å². The van der Waals surface area contributed by atoms with Crippen molar-refractivity contribution >= 4 is 0 Å². The minimum absolute atomic E-state index is 0.658. The summed E-state index contributed by atoms with van der Waals surface area (Å²) in [4.78, 5) is 0. The third kappa shape index (κ3) is 4.69. The Balaban J connectivity index is 2.50. The second-order valence-corrected chi connectivity index (χ2v) is 5.17. The maximum absolute atomic E-state index is 5.41. The molecule has 0 aromatic heterocycles. The van der Waals surface area contributed by atoms with Gasteiger partial charge in [0.1, 0.15) is 5.75 Å². The molecule has 0 saturated heterocycles. The van der Waals surface area contributed by atoms with E-state index in [4.69, 9.17) is 4.74 Å². The van der Waals surface area contributed by atoms with Crippen molar-refractivity contribution in [1.29, 1.82) is 0 Å². The van der Waals surface area contributed by atoms with Gasteiger partial charge in [0.25, 0.3) is 0 Å². The minimum atomic E-state index is 0.658. The number of nitrogens with one attached hydrogen (secondary N) is 1. The molecule has 18 heavy (non-hydrogen) atoms. The Morgan fingerprint density at radius 3 is 2.56 bits per heavy atom. The van der Waals surface area contributed by atoms with Gasteiger partial charge in [-0.1, -0.05) is 39.0 Å². The van der Waals surface area contributed by atoms with Crippen LogP contribution in [0.2, 0.25) is 0 Å². The summed E-state index contributed by atoms with van der Waals surface area (Å²) in [6.07, 6.45) is 2.28. The van der Waals surface area contributed by atoms with Crippen LogP contribution in [0.5, 0.6) is 5.75 Å². The van der Waals surface area contributed by atoms with Crippen molar-refractivity contribution in [1.82, 2.24) is 5.32 Å². The Morgan fingerprint density at radius 2 is 1.89 bits per heavy atom. The molecule has 1 aromatic carbocycles. The molecule has 1 aromatic rings. The fourth-order valence-corrected chi connectivity index (χ4v) is 2.13. The van der Waals surface area contributed by atoms with Crippen molar-refractivity contribution in [2.45, 2.75) is 33.6 Å². The highest BCUT2D eigenvalue weighted by atomic mass is 16.5. The van der Waals surface area contributed by atoms with Gasteiger partial charge in [0.15, 0.2) is 0 Å². The molecule has 2 heteroatoms. The zero-order valence-electron chi connectivity index (χ0n) is 12.2. The van der Waals surface area contributed by atoms with E-state index in [0.29, 0.717) is 11.8 Å². The average molecular weight is 249 g/mol. The number of hydrogen-bond acceptors (Lipinski definition) is 2. The van der Waals surface area contributed by atoms with Crippen LogP contribution in [0.1, 0.15) is 32.8 Å². The summed E-state index contributed by atoms with van der Waals surface area (Å²) in [6, 6.07) is 8.33. The molecule has 0 amide bonds. The molecule has 102 valence electrons. The third-order valence-electron chi connectivity index (χ3n) is 3.60. The predicted octanol–water partition coefficient (Wildman–Crippen LogP) is 3.51. The number of para-hydroxylation sites is 1. The topological polar surface area (TPSA) is 21.3 Å². The zero-order valence-corrected chi connectivity index (χ0v) is 12.2. The number of ether oxygens (including phenoxy) is 1. The highest BCUT2D eigenvalue weighted by Gasteiger charge is 2.14. The first-order valence-corrected chi connectivity index (χ1v) is 7.01. The van der Waals surface area contributed by atoms with Gasteiger partial charge in [-0.15, -0.1) is 0 Å². The van der Waals surface area contributed by atoms with E-state index in [1.807, 2.05) is 12.1 Å². The van der Waals surface area contributed by atoms with Gasteiger partial charge in [0.2, 0.25) is 0 Å². The van der Waals surface area contributed by atoms with Gasteiger partial charge >= 0.3 is 0 Å². The van der Waals surface area contributed by atoms with E-state index in [2.05, 4.69) is 38.2 Å². The van der Waals surface area contributed by atoms with Crippen LogP contribution >= 0.6 is 0 Å². The molecule has 0 bridgehead atoms. The molecule has 0 spiro atoms. The van der Waals surface area contributed by atoms with E-state index in [0.717, 1.165) is 25.3 Å². The first kappa shape index (κ1) is 15.0.